The zero-order valence-electron chi connectivity index (χ0n) is 9.93. The first kappa shape index (κ1) is 12.4. The Morgan fingerprint density at radius 3 is 2.53 bits per heavy atom. The summed E-state index contributed by atoms with van der Waals surface area (Å²) >= 11 is 0. The lowest BCUT2D eigenvalue weighted by Gasteiger charge is -2.28. The van der Waals surface area contributed by atoms with E-state index in [1.165, 1.54) is 6.42 Å². The molecular weight excluding hydrogens is 222 g/mol. The molecule has 2 fully saturated rings. The lowest BCUT2D eigenvalue weighted by molar-refractivity contribution is -0.144. The van der Waals surface area contributed by atoms with Crippen LogP contribution in [-0.2, 0) is 9.59 Å². The molecule has 5 nitrogen and oxygen atoms in total. The minimum atomic E-state index is -1.19. The van der Waals surface area contributed by atoms with Crippen LogP contribution >= 0.6 is 0 Å². The highest BCUT2D eigenvalue weighted by molar-refractivity contribution is 5.85. The molecule has 4 unspecified atom stereocenters. The maximum atomic E-state index is 12.0. The van der Waals surface area contributed by atoms with Gasteiger partial charge in [-0.15, -0.1) is 0 Å². The molecule has 0 saturated heterocycles. The van der Waals surface area contributed by atoms with E-state index in [0.717, 1.165) is 18.8 Å². The van der Waals surface area contributed by atoms with Gasteiger partial charge in [-0.3, -0.25) is 4.79 Å². The predicted octanol–water partition coefficient (Wildman–Crippen LogP) is 0.230. The van der Waals surface area contributed by atoms with E-state index in [-0.39, 0.29) is 11.8 Å². The molecule has 2 aliphatic rings. The molecule has 96 valence electrons. The maximum Gasteiger partial charge on any atom is 0.328 e. The van der Waals surface area contributed by atoms with Gasteiger partial charge in [-0.1, -0.05) is 6.92 Å². The zero-order chi connectivity index (χ0) is 12.6. The molecule has 0 spiro atoms. The lowest BCUT2D eigenvalue weighted by Crippen LogP contribution is -2.47. The number of carboxylic acids is 1. The van der Waals surface area contributed by atoms with Crippen molar-refractivity contribution in [1.82, 2.24) is 5.32 Å². The summed E-state index contributed by atoms with van der Waals surface area (Å²) in [5, 5.41) is 20.1. The molecule has 0 bridgehead atoms. The van der Waals surface area contributed by atoms with Crippen molar-refractivity contribution < 1.29 is 19.8 Å². The van der Waals surface area contributed by atoms with Gasteiger partial charge >= 0.3 is 5.97 Å². The zero-order valence-corrected chi connectivity index (χ0v) is 9.93. The number of aliphatic hydroxyl groups excluding tert-OH is 1. The van der Waals surface area contributed by atoms with Crippen LogP contribution in [0.4, 0.5) is 0 Å². The standard InChI is InChI=1S/C12H19NO4/c1-6-2-7-3-8(7)4-9(6)11(15)13-10(5-14)12(16)17/h6-10,14H,2-5H2,1H3,(H,13,15)(H,16,17)/t6?,7?,8?,9?,10-/m0/s1. The molecule has 3 N–H and O–H groups in total. The Kier molecular flexibility index (Phi) is 3.38. The third kappa shape index (κ3) is 2.60. The van der Waals surface area contributed by atoms with Crippen LogP contribution in [0.3, 0.4) is 0 Å². The Balaban J connectivity index is 1.92. The molecule has 2 rings (SSSR count). The van der Waals surface area contributed by atoms with Gasteiger partial charge in [0.15, 0.2) is 0 Å². The van der Waals surface area contributed by atoms with E-state index in [0.29, 0.717) is 11.8 Å². The van der Waals surface area contributed by atoms with Crippen molar-refractivity contribution >= 4 is 11.9 Å². The van der Waals surface area contributed by atoms with Crippen molar-refractivity contribution in [3.8, 4) is 0 Å². The number of nitrogens with one attached hydrogen (secondary N) is 1. The monoisotopic (exact) mass is 241 g/mol. The van der Waals surface area contributed by atoms with Crippen LogP contribution < -0.4 is 5.32 Å². The number of carbonyl (C=O) groups is 2. The second kappa shape index (κ2) is 4.64. The van der Waals surface area contributed by atoms with Gasteiger partial charge in [0.1, 0.15) is 6.04 Å². The van der Waals surface area contributed by atoms with E-state index in [1.807, 2.05) is 6.92 Å². The largest absolute Gasteiger partial charge is 0.480 e. The molecule has 0 radical (unpaired) electrons. The third-order valence-electron chi connectivity index (χ3n) is 4.12. The van der Waals surface area contributed by atoms with Gasteiger partial charge in [-0.2, -0.15) is 0 Å². The van der Waals surface area contributed by atoms with Crippen LogP contribution in [-0.4, -0.2) is 34.7 Å². The summed E-state index contributed by atoms with van der Waals surface area (Å²) in [6, 6.07) is -1.17. The molecule has 2 aliphatic carbocycles. The number of carbonyl (C=O) groups excluding carboxylic acids is 1. The smallest absolute Gasteiger partial charge is 0.328 e. The molecule has 0 aromatic rings. The summed E-state index contributed by atoms with van der Waals surface area (Å²) in [5.41, 5.74) is 0. The van der Waals surface area contributed by atoms with E-state index in [1.54, 1.807) is 0 Å². The third-order valence-corrected chi connectivity index (χ3v) is 4.12. The van der Waals surface area contributed by atoms with Gasteiger partial charge in [-0.25, -0.2) is 4.79 Å². The topological polar surface area (TPSA) is 86.6 Å². The molecular formula is C12H19NO4. The summed E-state index contributed by atoms with van der Waals surface area (Å²) in [5.74, 6) is 0.276. The van der Waals surface area contributed by atoms with Crippen molar-refractivity contribution in [2.24, 2.45) is 23.7 Å². The van der Waals surface area contributed by atoms with Crippen molar-refractivity contribution in [2.75, 3.05) is 6.61 Å². The molecule has 5 heteroatoms. The van der Waals surface area contributed by atoms with E-state index in [4.69, 9.17) is 10.2 Å². The van der Waals surface area contributed by atoms with Crippen LogP contribution in [0.2, 0.25) is 0 Å². The Hall–Kier alpha value is -1.10. The molecule has 0 aromatic heterocycles. The number of fused-ring (bicyclic) bond motifs is 1. The second-order valence-electron chi connectivity index (χ2n) is 5.39. The van der Waals surface area contributed by atoms with Crippen LogP contribution in [0.1, 0.15) is 26.2 Å². The summed E-state index contributed by atoms with van der Waals surface area (Å²) in [6.45, 7) is 1.49. The molecule has 5 atom stereocenters. The summed E-state index contributed by atoms with van der Waals surface area (Å²) in [7, 11) is 0. The molecule has 1 amide bonds. The fourth-order valence-electron chi connectivity index (χ4n) is 2.92. The lowest BCUT2D eigenvalue weighted by atomic mass is 9.80. The average Bonchev–Trinajstić information content (AvgIpc) is 3.01. The number of hydrogen-bond acceptors (Lipinski definition) is 3. The van der Waals surface area contributed by atoms with Gasteiger partial charge in [0.25, 0.3) is 0 Å². The number of amides is 1. The van der Waals surface area contributed by atoms with Gasteiger partial charge in [0.05, 0.1) is 6.61 Å². The molecule has 17 heavy (non-hydrogen) atoms. The first-order chi connectivity index (χ1) is 8.02. The Morgan fingerprint density at radius 1 is 1.29 bits per heavy atom. The molecule has 0 aromatic carbocycles. The first-order valence-electron chi connectivity index (χ1n) is 6.17. The summed E-state index contributed by atoms with van der Waals surface area (Å²) < 4.78 is 0. The van der Waals surface area contributed by atoms with E-state index >= 15 is 0 Å². The first-order valence-corrected chi connectivity index (χ1v) is 6.17. The van der Waals surface area contributed by atoms with Crippen LogP contribution in [0.5, 0.6) is 0 Å². The van der Waals surface area contributed by atoms with E-state index in [2.05, 4.69) is 5.32 Å². The number of rotatable bonds is 4. The van der Waals surface area contributed by atoms with Crippen molar-refractivity contribution in [3.63, 3.8) is 0 Å². The number of hydrogen-bond donors (Lipinski definition) is 3. The maximum absolute atomic E-state index is 12.0. The Bertz CT molecular complexity index is 330. The minimum absolute atomic E-state index is 0.0906. The molecule has 0 heterocycles. The van der Waals surface area contributed by atoms with E-state index in [9.17, 15) is 9.59 Å². The van der Waals surface area contributed by atoms with Crippen LogP contribution in [0, 0.1) is 23.7 Å². The average molecular weight is 241 g/mol. The van der Waals surface area contributed by atoms with Gasteiger partial charge in [0.2, 0.25) is 5.91 Å². The Morgan fingerprint density at radius 2 is 1.94 bits per heavy atom. The highest BCUT2D eigenvalue weighted by Gasteiger charge is 2.47. The Labute approximate surface area is 100 Å². The SMILES string of the molecule is CC1CC2CC2CC1C(=O)N[C@@H](CO)C(=O)O. The van der Waals surface area contributed by atoms with Crippen LogP contribution in [0.15, 0.2) is 0 Å². The van der Waals surface area contributed by atoms with Gasteiger partial charge in [0, 0.05) is 5.92 Å². The summed E-state index contributed by atoms with van der Waals surface area (Å²) in [6.07, 6.45) is 3.16. The highest BCUT2D eigenvalue weighted by Crippen LogP contribution is 2.53. The van der Waals surface area contributed by atoms with E-state index < -0.39 is 18.6 Å². The quantitative estimate of drug-likeness (QED) is 0.657. The van der Waals surface area contributed by atoms with Gasteiger partial charge in [-0.05, 0) is 37.0 Å². The highest BCUT2D eigenvalue weighted by atomic mass is 16.4. The minimum Gasteiger partial charge on any atom is -0.480 e. The van der Waals surface area contributed by atoms with Gasteiger partial charge < -0.3 is 15.5 Å². The second-order valence-corrected chi connectivity index (χ2v) is 5.39. The van der Waals surface area contributed by atoms with Crippen molar-refractivity contribution in [1.29, 1.82) is 0 Å². The van der Waals surface area contributed by atoms with Crippen molar-refractivity contribution in [3.05, 3.63) is 0 Å². The van der Waals surface area contributed by atoms with Crippen LogP contribution in [0.25, 0.3) is 0 Å². The molecule has 0 aliphatic heterocycles. The predicted molar refractivity (Wildman–Crippen MR) is 60.1 cm³/mol. The fraction of sp³-hybridized carbons (Fsp3) is 0.833. The van der Waals surface area contributed by atoms with Crippen molar-refractivity contribution in [2.45, 2.75) is 32.2 Å². The number of carboxylic acid groups (broad SMARTS) is 1. The fourth-order valence-corrected chi connectivity index (χ4v) is 2.92. The number of aliphatic carboxylic acids is 1. The summed E-state index contributed by atoms with van der Waals surface area (Å²) in [4.78, 5) is 22.7. The molecule has 2 saturated carbocycles. The number of aliphatic hydroxyl groups is 1. The normalized spacial score (nSPS) is 36.8.